The second-order valence-corrected chi connectivity index (χ2v) is 13.4. The van der Waals surface area contributed by atoms with Crippen molar-refractivity contribution in [3.63, 3.8) is 0 Å². The first kappa shape index (κ1) is 23.4. The molecule has 0 aliphatic carbocycles. The van der Waals surface area contributed by atoms with E-state index in [1.54, 1.807) is 24.3 Å². The fraction of sp³-hybridized carbons (Fsp3) is 0.636. The monoisotopic (exact) mass is 392 g/mol. The lowest BCUT2D eigenvalue weighted by Gasteiger charge is -2.35. The van der Waals surface area contributed by atoms with E-state index in [0.717, 1.165) is 25.7 Å². The van der Waals surface area contributed by atoms with E-state index in [0.29, 0.717) is 12.5 Å². The third-order valence-corrected chi connectivity index (χ3v) is 9.82. The summed E-state index contributed by atoms with van der Waals surface area (Å²) in [5.74, 6) is -0.528. The van der Waals surface area contributed by atoms with Crippen LogP contribution in [0.5, 0.6) is 0 Å². The number of carbonyl (C=O) groups is 2. The number of rotatable bonds is 9. The molecule has 0 aromatic heterocycles. The molecule has 27 heavy (non-hydrogen) atoms. The molecular weight excluding hydrogens is 356 g/mol. The lowest BCUT2D eigenvalue weighted by Crippen LogP contribution is -2.42. The lowest BCUT2D eigenvalue weighted by atomic mass is 10.0. The molecule has 1 rings (SSSR count). The van der Waals surface area contributed by atoms with E-state index in [2.05, 4.69) is 34.6 Å². The Labute approximate surface area is 165 Å². The zero-order valence-electron chi connectivity index (χ0n) is 18.1. The van der Waals surface area contributed by atoms with Gasteiger partial charge in [-0.15, -0.1) is 0 Å². The Balaban J connectivity index is 2.89. The first-order chi connectivity index (χ1) is 12.5. The van der Waals surface area contributed by atoms with E-state index >= 15 is 0 Å². The normalized spacial score (nSPS) is 13.1. The van der Waals surface area contributed by atoms with Gasteiger partial charge < -0.3 is 9.16 Å². The third kappa shape index (κ3) is 6.80. The summed E-state index contributed by atoms with van der Waals surface area (Å²) in [6.07, 6.45) is 4.29. The molecule has 0 aliphatic heterocycles. The Bertz CT molecular complexity index is 631. The lowest BCUT2D eigenvalue weighted by molar-refractivity contribution is 0.0421. The molecule has 4 nitrogen and oxygen atoms in total. The number of carbonyl (C=O) groups excluding carboxylic acids is 2. The van der Waals surface area contributed by atoms with Gasteiger partial charge in [0, 0.05) is 0 Å². The van der Waals surface area contributed by atoms with Crippen LogP contribution in [0.4, 0.5) is 0 Å². The minimum Gasteiger partial charge on any atom is -0.516 e. The highest BCUT2D eigenvalue weighted by atomic mass is 28.4. The molecule has 1 unspecified atom stereocenters. The van der Waals surface area contributed by atoms with Crippen LogP contribution in [0.2, 0.25) is 18.1 Å². The number of hydrogen-bond acceptors (Lipinski definition) is 4. The van der Waals surface area contributed by atoms with E-state index < -0.39 is 20.3 Å². The van der Waals surface area contributed by atoms with Gasteiger partial charge in [0.15, 0.2) is 0 Å². The highest BCUT2D eigenvalue weighted by Crippen LogP contribution is 2.37. The molecule has 0 N–H and O–H groups in total. The van der Waals surface area contributed by atoms with Crippen molar-refractivity contribution in [1.29, 1.82) is 0 Å². The Morgan fingerprint density at radius 3 is 2.07 bits per heavy atom. The van der Waals surface area contributed by atoms with Crippen molar-refractivity contribution in [3.05, 3.63) is 35.4 Å². The minimum atomic E-state index is -2.27. The van der Waals surface area contributed by atoms with E-state index in [-0.39, 0.29) is 16.2 Å². The fourth-order valence-corrected chi connectivity index (χ4v) is 3.33. The summed E-state index contributed by atoms with van der Waals surface area (Å²) in [5.41, 5.74) is 0.570. The summed E-state index contributed by atoms with van der Waals surface area (Å²) >= 11 is 0. The van der Waals surface area contributed by atoms with Crippen molar-refractivity contribution in [3.8, 4) is 0 Å². The molecule has 1 atom stereocenters. The smallest absolute Gasteiger partial charge is 0.339 e. The molecule has 0 saturated heterocycles. The quantitative estimate of drug-likeness (QED) is 0.370. The molecule has 0 bridgehead atoms. The Morgan fingerprint density at radius 1 is 1.04 bits per heavy atom. The molecule has 0 radical (unpaired) electrons. The molecule has 0 fully saturated rings. The minimum absolute atomic E-state index is 0.0915. The summed E-state index contributed by atoms with van der Waals surface area (Å²) in [6.45, 7) is 14.9. The average Bonchev–Trinajstić information content (AvgIpc) is 2.60. The Hall–Kier alpha value is -1.62. The number of benzene rings is 1. The molecule has 0 aliphatic rings. The van der Waals surface area contributed by atoms with Crippen molar-refractivity contribution in [2.75, 3.05) is 6.61 Å². The van der Waals surface area contributed by atoms with Crippen LogP contribution in [0.3, 0.4) is 0 Å². The average molecular weight is 393 g/mol. The second kappa shape index (κ2) is 10.1. The number of hydrogen-bond donors (Lipinski definition) is 0. The second-order valence-electron chi connectivity index (χ2n) is 8.71. The fourth-order valence-electron chi connectivity index (χ4n) is 2.45. The first-order valence-electron chi connectivity index (χ1n) is 10.0. The SMILES string of the molecule is CCCCC(CC)COC(=O)c1ccccc1C(=O)O[Si](C)(C)C(C)(C)C. The Morgan fingerprint density at radius 2 is 1.59 bits per heavy atom. The molecule has 1 aromatic carbocycles. The summed E-state index contributed by atoms with van der Waals surface area (Å²) in [7, 11) is -2.27. The van der Waals surface area contributed by atoms with E-state index in [4.69, 9.17) is 9.16 Å². The van der Waals surface area contributed by atoms with Crippen molar-refractivity contribution < 1.29 is 18.8 Å². The number of unbranched alkanes of at least 4 members (excludes halogenated alkanes) is 1. The van der Waals surface area contributed by atoms with Crippen LogP contribution < -0.4 is 0 Å². The molecule has 5 heteroatoms. The number of esters is 1. The van der Waals surface area contributed by atoms with Crippen LogP contribution in [0.15, 0.2) is 24.3 Å². The molecule has 0 heterocycles. The van der Waals surface area contributed by atoms with Gasteiger partial charge in [0.05, 0.1) is 17.7 Å². The van der Waals surface area contributed by atoms with Crippen molar-refractivity contribution in [2.24, 2.45) is 5.92 Å². The van der Waals surface area contributed by atoms with Crippen LogP contribution in [-0.2, 0) is 9.16 Å². The molecule has 0 saturated carbocycles. The number of ether oxygens (including phenoxy) is 1. The van der Waals surface area contributed by atoms with Crippen molar-refractivity contribution >= 4 is 20.3 Å². The van der Waals surface area contributed by atoms with Gasteiger partial charge in [-0.3, -0.25) is 0 Å². The van der Waals surface area contributed by atoms with Crippen LogP contribution in [0.25, 0.3) is 0 Å². The topological polar surface area (TPSA) is 52.6 Å². The standard InChI is InChI=1S/C22H36O4Si/c1-8-10-13-17(9-2)16-25-20(23)18-14-11-12-15-19(18)21(24)26-27(6,7)22(3,4)5/h11-12,14-15,17H,8-10,13,16H2,1-7H3. The van der Waals surface area contributed by atoms with Gasteiger partial charge in [0.2, 0.25) is 0 Å². The van der Waals surface area contributed by atoms with Crippen molar-refractivity contribution in [1.82, 2.24) is 0 Å². The molecule has 0 amide bonds. The maximum absolute atomic E-state index is 12.8. The third-order valence-electron chi connectivity index (χ3n) is 5.51. The first-order valence-corrected chi connectivity index (χ1v) is 12.9. The zero-order chi connectivity index (χ0) is 20.7. The van der Waals surface area contributed by atoms with Gasteiger partial charge in [-0.05, 0) is 42.6 Å². The summed E-state index contributed by atoms with van der Waals surface area (Å²) in [4.78, 5) is 25.4. The maximum Gasteiger partial charge on any atom is 0.339 e. The van der Waals surface area contributed by atoms with Gasteiger partial charge in [0.25, 0.3) is 8.32 Å². The molecule has 0 spiro atoms. The van der Waals surface area contributed by atoms with Gasteiger partial charge >= 0.3 is 11.9 Å². The highest BCUT2D eigenvalue weighted by molar-refractivity contribution is 6.75. The van der Waals surface area contributed by atoms with E-state index in [1.165, 1.54) is 0 Å². The van der Waals surface area contributed by atoms with Crippen LogP contribution in [0.1, 0.15) is 81.0 Å². The Kier molecular flexibility index (Phi) is 8.73. The van der Waals surface area contributed by atoms with E-state index in [1.807, 2.05) is 13.1 Å². The van der Waals surface area contributed by atoms with Crippen LogP contribution in [-0.4, -0.2) is 26.9 Å². The summed E-state index contributed by atoms with van der Waals surface area (Å²) in [5, 5.41) is -0.0915. The van der Waals surface area contributed by atoms with Gasteiger partial charge in [-0.2, -0.15) is 0 Å². The molecule has 1 aromatic rings. The summed E-state index contributed by atoms with van der Waals surface area (Å²) < 4.78 is 11.4. The van der Waals surface area contributed by atoms with Gasteiger partial charge in [0.1, 0.15) is 0 Å². The van der Waals surface area contributed by atoms with E-state index in [9.17, 15) is 9.59 Å². The predicted octanol–water partition coefficient (Wildman–Crippen LogP) is 6.22. The molecule has 152 valence electrons. The van der Waals surface area contributed by atoms with Gasteiger partial charge in [-0.25, -0.2) is 9.59 Å². The predicted molar refractivity (Wildman–Crippen MR) is 113 cm³/mol. The van der Waals surface area contributed by atoms with Crippen molar-refractivity contribution in [2.45, 2.75) is 78.4 Å². The van der Waals surface area contributed by atoms with Crippen LogP contribution >= 0.6 is 0 Å². The maximum atomic E-state index is 12.8. The summed E-state index contributed by atoms with van der Waals surface area (Å²) in [6, 6.07) is 6.77. The molecular formula is C22H36O4Si. The van der Waals surface area contributed by atoms with Crippen LogP contribution in [0, 0.1) is 5.92 Å². The highest BCUT2D eigenvalue weighted by Gasteiger charge is 2.41. The van der Waals surface area contributed by atoms with Gasteiger partial charge in [-0.1, -0.05) is 66.0 Å². The largest absolute Gasteiger partial charge is 0.516 e. The zero-order valence-corrected chi connectivity index (χ0v) is 19.1.